The van der Waals surface area contributed by atoms with E-state index < -0.39 is 0 Å². The van der Waals surface area contributed by atoms with Crippen molar-refractivity contribution in [3.05, 3.63) is 64.6 Å². The molecule has 1 unspecified atom stereocenters. The number of aromatic nitrogens is 1. The second-order valence-electron chi connectivity index (χ2n) is 4.84. The quantitative estimate of drug-likeness (QED) is 0.828. The Kier molecular flexibility index (Phi) is 5.06. The van der Waals surface area contributed by atoms with Crippen LogP contribution in [-0.4, -0.2) is 15.5 Å². The molecular weight excluding hydrogens is 298 g/mol. The standard InChI is InChI=1S/C16H17N3O2S/c1-2-14(19-9-7-13(20)8-10-19)16(21)18-12-5-3-11(4-6-12)15(17)22/h3-10,14H,2H2,1H3,(H2,17,22)(H,18,21). The maximum Gasteiger partial charge on any atom is 0.247 e. The summed E-state index contributed by atoms with van der Waals surface area (Å²) in [5.41, 5.74) is 6.88. The van der Waals surface area contributed by atoms with Gasteiger partial charge in [0.05, 0.1) is 0 Å². The van der Waals surface area contributed by atoms with Gasteiger partial charge in [0.2, 0.25) is 5.91 Å². The molecule has 1 aromatic heterocycles. The molecule has 0 bridgehead atoms. The second kappa shape index (κ2) is 7.00. The molecule has 0 radical (unpaired) electrons. The van der Waals surface area contributed by atoms with E-state index >= 15 is 0 Å². The highest BCUT2D eigenvalue weighted by atomic mass is 32.1. The molecule has 2 aromatic rings. The topological polar surface area (TPSA) is 77.1 Å². The van der Waals surface area contributed by atoms with E-state index in [4.69, 9.17) is 18.0 Å². The number of nitrogens with zero attached hydrogens (tertiary/aromatic N) is 1. The van der Waals surface area contributed by atoms with E-state index in [1.807, 2.05) is 6.92 Å². The summed E-state index contributed by atoms with van der Waals surface area (Å²) in [6.07, 6.45) is 3.84. The van der Waals surface area contributed by atoms with Gasteiger partial charge in [-0.25, -0.2) is 0 Å². The fourth-order valence-corrected chi connectivity index (χ4v) is 2.24. The van der Waals surface area contributed by atoms with Crippen molar-refractivity contribution < 1.29 is 4.79 Å². The number of rotatable bonds is 5. The first-order valence-electron chi connectivity index (χ1n) is 6.90. The van der Waals surface area contributed by atoms with Crippen LogP contribution in [0.15, 0.2) is 53.6 Å². The third-order valence-electron chi connectivity index (χ3n) is 3.31. The highest BCUT2D eigenvalue weighted by Crippen LogP contribution is 2.15. The molecule has 1 aromatic carbocycles. The summed E-state index contributed by atoms with van der Waals surface area (Å²) in [7, 11) is 0. The van der Waals surface area contributed by atoms with Crippen LogP contribution in [0.3, 0.4) is 0 Å². The van der Waals surface area contributed by atoms with E-state index in [9.17, 15) is 9.59 Å². The van der Waals surface area contributed by atoms with Crippen LogP contribution < -0.4 is 16.5 Å². The number of carbonyl (C=O) groups is 1. The number of nitrogens with one attached hydrogen (secondary N) is 1. The Morgan fingerprint density at radius 2 is 1.82 bits per heavy atom. The second-order valence-corrected chi connectivity index (χ2v) is 5.28. The van der Waals surface area contributed by atoms with Gasteiger partial charge in [0.1, 0.15) is 11.0 Å². The maximum atomic E-state index is 12.4. The minimum Gasteiger partial charge on any atom is -0.389 e. The van der Waals surface area contributed by atoms with Gasteiger partial charge in [0.25, 0.3) is 0 Å². The minimum absolute atomic E-state index is 0.0835. The Balaban J connectivity index is 2.13. The molecular formula is C16H17N3O2S. The molecule has 22 heavy (non-hydrogen) atoms. The lowest BCUT2D eigenvalue weighted by Crippen LogP contribution is -2.26. The minimum atomic E-state index is -0.379. The fourth-order valence-electron chi connectivity index (χ4n) is 2.11. The monoisotopic (exact) mass is 315 g/mol. The number of amides is 1. The Morgan fingerprint density at radius 1 is 1.23 bits per heavy atom. The normalized spacial score (nSPS) is 11.7. The van der Waals surface area contributed by atoms with Crippen LogP contribution in [0.4, 0.5) is 5.69 Å². The van der Waals surface area contributed by atoms with Gasteiger partial charge in [-0.2, -0.15) is 0 Å². The maximum absolute atomic E-state index is 12.4. The smallest absolute Gasteiger partial charge is 0.247 e. The summed E-state index contributed by atoms with van der Waals surface area (Å²) in [4.78, 5) is 23.9. The first-order chi connectivity index (χ1) is 10.5. The summed E-state index contributed by atoms with van der Waals surface area (Å²) >= 11 is 4.89. The molecule has 3 N–H and O–H groups in total. The molecule has 0 saturated heterocycles. The van der Waals surface area contributed by atoms with Gasteiger partial charge >= 0.3 is 0 Å². The van der Waals surface area contributed by atoms with Crippen LogP contribution in [0.2, 0.25) is 0 Å². The molecule has 0 aliphatic heterocycles. The third kappa shape index (κ3) is 3.79. The van der Waals surface area contributed by atoms with Gasteiger partial charge in [0.15, 0.2) is 5.43 Å². The van der Waals surface area contributed by atoms with Crippen molar-refractivity contribution in [1.82, 2.24) is 4.57 Å². The van der Waals surface area contributed by atoms with Crippen molar-refractivity contribution in [2.45, 2.75) is 19.4 Å². The Labute approximate surface area is 133 Å². The number of hydrogen-bond donors (Lipinski definition) is 2. The first-order valence-corrected chi connectivity index (χ1v) is 7.30. The molecule has 0 spiro atoms. The number of thiocarbonyl (C=S) groups is 1. The highest BCUT2D eigenvalue weighted by Gasteiger charge is 2.17. The number of hydrogen-bond acceptors (Lipinski definition) is 3. The summed E-state index contributed by atoms with van der Waals surface area (Å²) in [6.45, 7) is 1.91. The molecule has 5 nitrogen and oxygen atoms in total. The average Bonchev–Trinajstić information content (AvgIpc) is 2.50. The predicted octanol–water partition coefficient (Wildman–Crippen LogP) is 2.07. The molecule has 0 fully saturated rings. The molecule has 1 heterocycles. The first kappa shape index (κ1) is 15.9. The zero-order valence-corrected chi connectivity index (χ0v) is 13.0. The van der Waals surface area contributed by atoms with Crippen LogP contribution in [0.1, 0.15) is 24.9 Å². The van der Waals surface area contributed by atoms with Gasteiger partial charge in [-0.05, 0) is 30.7 Å². The van der Waals surface area contributed by atoms with Gasteiger partial charge in [-0.15, -0.1) is 0 Å². The number of carbonyl (C=O) groups excluding carboxylic acids is 1. The molecule has 0 aliphatic carbocycles. The predicted molar refractivity (Wildman–Crippen MR) is 91.0 cm³/mol. The van der Waals surface area contributed by atoms with Crippen LogP contribution in [0.25, 0.3) is 0 Å². The van der Waals surface area contributed by atoms with E-state index in [2.05, 4.69) is 5.32 Å². The molecule has 2 rings (SSSR count). The van der Waals surface area contributed by atoms with Gasteiger partial charge in [-0.1, -0.05) is 19.1 Å². The van der Waals surface area contributed by atoms with Crippen LogP contribution >= 0.6 is 12.2 Å². The van der Waals surface area contributed by atoms with Crippen LogP contribution in [0, 0.1) is 0 Å². The molecule has 1 atom stereocenters. The summed E-state index contributed by atoms with van der Waals surface area (Å²) < 4.78 is 1.72. The lowest BCUT2D eigenvalue weighted by molar-refractivity contribution is -0.119. The molecule has 114 valence electrons. The Hall–Kier alpha value is -2.47. The Morgan fingerprint density at radius 3 is 2.32 bits per heavy atom. The van der Waals surface area contributed by atoms with E-state index in [1.54, 1.807) is 41.2 Å². The van der Waals surface area contributed by atoms with Crippen LogP contribution in [0.5, 0.6) is 0 Å². The highest BCUT2D eigenvalue weighted by molar-refractivity contribution is 7.80. The van der Waals surface area contributed by atoms with E-state index in [-0.39, 0.29) is 17.4 Å². The third-order valence-corrected chi connectivity index (χ3v) is 3.54. The number of anilines is 1. The zero-order chi connectivity index (χ0) is 16.1. The van der Waals surface area contributed by atoms with Crippen LogP contribution in [-0.2, 0) is 4.79 Å². The number of pyridine rings is 1. The van der Waals surface area contributed by atoms with Crippen molar-refractivity contribution in [3.63, 3.8) is 0 Å². The molecule has 6 heteroatoms. The van der Waals surface area contributed by atoms with Crippen molar-refractivity contribution in [3.8, 4) is 0 Å². The lowest BCUT2D eigenvalue weighted by Gasteiger charge is -2.18. The number of nitrogens with two attached hydrogens (primary N) is 1. The van der Waals surface area contributed by atoms with E-state index in [0.717, 1.165) is 5.56 Å². The van der Waals surface area contributed by atoms with Gasteiger partial charge in [0, 0.05) is 35.8 Å². The largest absolute Gasteiger partial charge is 0.389 e. The van der Waals surface area contributed by atoms with Crippen molar-refractivity contribution in [1.29, 1.82) is 0 Å². The fraction of sp³-hybridized carbons (Fsp3) is 0.188. The van der Waals surface area contributed by atoms with Crippen molar-refractivity contribution in [2.24, 2.45) is 5.73 Å². The number of benzene rings is 1. The summed E-state index contributed by atoms with van der Waals surface area (Å²) in [5, 5.41) is 2.85. The van der Waals surface area contributed by atoms with Gasteiger partial charge < -0.3 is 15.6 Å². The summed E-state index contributed by atoms with van der Waals surface area (Å²) in [6, 6.07) is 9.53. The van der Waals surface area contributed by atoms with E-state index in [0.29, 0.717) is 17.1 Å². The lowest BCUT2D eigenvalue weighted by atomic mass is 10.1. The average molecular weight is 315 g/mol. The van der Waals surface area contributed by atoms with Crippen molar-refractivity contribution >= 4 is 28.8 Å². The summed E-state index contributed by atoms with van der Waals surface area (Å²) in [5.74, 6) is -0.144. The molecule has 1 amide bonds. The zero-order valence-electron chi connectivity index (χ0n) is 12.2. The molecule has 0 aliphatic rings. The van der Waals surface area contributed by atoms with Gasteiger partial charge in [-0.3, -0.25) is 9.59 Å². The Bertz CT molecular complexity index is 717. The molecule has 0 saturated carbocycles. The van der Waals surface area contributed by atoms with E-state index in [1.165, 1.54) is 12.1 Å². The van der Waals surface area contributed by atoms with Crippen molar-refractivity contribution in [2.75, 3.05) is 5.32 Å². The SMILES string of the molecule is CCC(C(=O)Nc1ccc(C(N)=S)cc1)n1ccc(=O)cc1.